The van der Waals surface area contributed by atoms with Crippen LogP contribution in [0.25, 0.3) is 0 Å². The molecule has 0 rings (SSSR count). The zero-order valence-electron chi connectivity index (χ0n) is 12.5. The molecule has 112 valence electrons. The number of carbonyl (C=O) groups is 2. The van der Waals surface area contributed by atoms with Crippen molar-refractivity contribution >= 4 is 12.0 Å². The Kier molecular flexibility index (Phi) is 9.00. The molecular weight excluding hydrogens is 244 g/mol. The summed E-state index contributed by atoms with van der Waals surface area (Å²) in [5.74, 6) is -0.993. The molecule has 2 atom stereocenters. The van der Waals surface area contributed by atoms with Crippen molar-refractivity contribution in [3.63, 3.8) is 0 Å². The van der Waals surface area contributed by atoms with Gasteiger partial charge >= 0.3 is 6.03 Å². The summed E-state index contributed by atoms with van der Waals surface area (Å²) in [4.78, 5) is 22.5. The van der Waals surface area contributed by atoms with Crippen LogP contribution in [0.15, 0.2) is 0 Å². The Balaban J connectivity index is 4.11. The zero-order chi connectivity index (χ0) is 14.8. The molecule has 0 aromatic carbocycles. The summed E-state index contributed by atoms with van der Waals surface area (Å²) in [6, 6.07) is -1.38. The van der Waals surface area contributed by atoms with Crippen molar-refractivity contribution in [1.82, 2.24) is 10.6 Å². The van der Waals surface area contributed by atoms with E-state index in [1.54, 1.807) is 13.8 Å². The lowest BCUT2D eigenvalue weighted by atomic mass is 9.99. The van der Waals surface area contributed by atoms with Crippen molar-refractivity contribution in [1.29, 1.82) is 0 Å². The molecule has 0 saturated carbocycles. The predicted octanol–water partition coefficient (Wildman–Crippen LogP) is 1.28. The number of carboxylic acid groups (broad SMARTS) is 1. The van der Waals surface area contributed by atoms with Crippen molar-refractivity contribution in [3.8, 4) is 0 Å². The summed E-state index contributed by atoms with van der Waals surface area (Å²) in [6.07, 6.45) is 4.38. The van der Waals surface area contributed by atoms with E-state index >= 15 is 0 Å². The van der Waals surface area contributed by atoms with Crippen LogP contribution in [-0.2, 0) is 4.79 Å². The van der Waals surface area contributed by atoms with Gasteiger partial charge in [0.15, 0.2) is 0 Å². The van der Waals surface area contributed by atoms with Gasteiger partial charge in [-0.15, -0.1) is 0 Å². The first-order chi connectivity index (χ1) is 8.92. The average Bonchev–Trinajstić information content (AvgIpc) is 2.35. The fraction of sp³-hybridized carbons (Fsp3) is 0.857. The highest BCUT2D eigenvalue weighted by Crippen LogP contribution is 2.11. The van der Waals surface area contributed by atoms with E-state index < -0.39 is 18.0 Å². The molecule has 0 heterocycles. The molecule has 0 aliphatic carbocycles. The van der Waals surface area contributed by atoms with Crippen LogP contribution in [0.4, 0.5) is 4.79 Å². The predicted molar refractivity (Wildman–Crippen MR) is 73.5 cm³/mol. The monoisotopic (exact) mass is 271 g/mol. The highest BCUT2D eigenvalue weighted by atomic mass is 16.4. The maximum absolute atomic E-state index is 11.6. The first-order valence-electron chi connectivity index (χ1n) is 7.17. The van der Waals surface area contributed by atoms with Gasteiger partial charge in [-0.05, 0) is 18.3 Å². The van der Waals surface area contributed by atoms with Gasteiger partial charge < -0.3 is 20.5 Å². The first kappa shape index (κ1) is 17.7. The van der Waals surface area contributed by atoms with Gasteiger partial charge in [0.2, 0.25) is 0 Å². The molecule has 0 aromatic rings. The van der Waals surface area contributed by atoms with Gasteiger partial charge in [0.05, 0.1) is 12.0 Å². The van der Waals surface area contributed by atoms with Gasteiger partial charge in [-0.2, -0.15) is 0 Å². The van der Waals surface area contributed by atoms with Gasteiger partial charge in [0.25, 0.3) is 0 Å². The smallest absolute Gasteiger partial charge is 0.315 e. The summed E-state index contributed by atoms with van der Waals surface area (Å²) in [7, 11) is 0. The minimum Gasteiger partial charge on any atom is -0.548 e. The van der Waals surface area contributed by atoms with Crippen LogP contribution >= 0.6 is 0 Å². The number of carboxylic acids is 1. The second kappa shape index (κ2) is 9.64. The lowest BCUT2D eigenvalue weighted by molar-refractivity contribution is -0.309. The van der Waals surface area contributed by atoms with E-state index in [1.165, 1.54) is 0 Å². The van der Waals surface area contributed by atoms with Crippen molar-refractivity contribution in [2.75, 3.05) is 6.54 Å². The van der Waals surface area contributed by atoms with Gasteiger partial charge in [-0.25, -0.2) is 4.79 Å². The fourth-order valence-corrected chi connectivity index (χ4v) is 1.87. The third-order valence-corrected chi connectivity index (χ3v) is 3.30. The molecule has 0 aromatic heterocycles. The average molecular weight is 271 g/mol. The highest BCUT2D eigenvalue weighted by molar-refractivity contribution is 5.81. The standard InChI is InChI=1S/C14H28N2O3/c1-5-7-8-11(6-2)9-15-14(19)16-12(10(3)4)13(17)18/h10-12H,5-9H2,1-4H3,(H,17,18)(H2,15,16,19)/p-1/t11-,12+/m1/s1. The van der Waals surface area contributed by atoms with Crippen molar-refractivity contribution in [3.05, 3.63) is 0 Å². The van der Waals surface area contributed by atoms with Crippen LogP contribution in [0.1, 0.15) is 53.4 Å². The summed E-state index contributed by atoms with van der Waals surface area (Å²) in [6.45, 7) is 8.28. The number of carbonyl (C=O) groups excluding carboxylic acids is 2. The molecule has 0 unspecified atom stereocenters. The van der Waals surface area contributed by atoms with Gasteiger partial charge in [0.1, 0.15) is 0 Å². The SMILES string of the molecule is CCCC[C@@H](CC)CNC(=O)N[C@H](C(=O)[O-])C(C)C. The normalized spacial score (nSPS) is 13.9. The second-order valence-corrected chi connectivity index (χ2v) is 5.31. The molecule has 5 heteroatoms. The van der Waals surface area contributed by atoms with Crippen LogP contribution in [-0.4, -0.2) is 24.6 Å². The minimum atomic E-state index is -1.25. The molecule has 0 aliphatic heterocycles. The third-order valence-electron chi connectivity index (χ3n) is 3.30. The Labute approximate surface area is 116 Å². The molecule has 19 heavy (non-hydrogen) atoms. The van der Waals surface area contributed by atoms with E-state index in [0.29, 0.717) is 12.5 Å². The van der Waals surface area contributed by atoms with E-state index in [2.05, 4.69) is 24.5 Å². The number of rotatable bonds is 9. The van der Waals surface area contributed by atoms with E-state index in [-0.39, 0.29) is 5.92 Å². The molecule has 0 spiro atoms. The molecule has 0 fully saturated rings. The quantitative estimate of drug-likeness (QED) is 0.662. The second-order valence-electron chi connectivity index (χ2n) is 5.31. The Morgan fingerprint density at radius 1 is 1.21 bits per heavy atom. The number of nitrogens with one attached hydrogen (secondary N) is 2. The Morgan fingerprint density at radius 2 is 1.84 bits per heavy atom. The Morgan fingerprint density at radius 3 is 2.26 bits per heavy atom. The summed E-state index contributed by atoms with van der Waals surface area (Å²) in [5, 5.41) is 16.0. The molecular formula is C14H27N2O3-. The highest BCUT2D eigenvalue weighted by Gasteiger charge is 2.17. The van der Waals surface area contributed by atoms with Crippen molar-refractivity contribution in [2.45, 2.75) is 59.4 Å². The van der Waals surface area contributed by atoms with Crippen LogP contribution in [0.5, 0.6) is 0 Å². The summed E-state index contributed by atoms with van der Waals surface area (Å²) in [5.41, 5.74) is 0. The molecule has 0 aliphatic rings. The number of amides is 2. The Hall–Kier alpha value is -1.26. The maximum atomic E-state index is 11.6. The van der Waals surface area contributed by atoms with Crippen LogP contribution < -0.4 is 15.7 Å². The summed E-state index contributed by atoms with van der Waals surface area (Å²) < 4.78 is 0. The van der Waals surface area contributed by atoms with E-state index in [0.717, 1.165) is 25.7 Å². The number of hydrogen-bond donors (Lipinski definition) is 2. The zero-order valence-corrected chi connectivity index (χ0v) is 12.5. The molecule has 2 N–H and O–H groups in total. The number of urea groups is 1. The van der Waals surface area contributed by atoms with E-state index in [4.69, 9.17) is 0 Å². The molecule has 0 bridgehead atoms. The lowest BCUT2D eigenvalue weighted by Crippen LogP contribution is -2.53. The van der Waals surface area contributed by atoms with E-state index in [9.17, 15) is 14.7 Å². The van der Waals surface area contributed by atoms with Gasteiger partial charge in [0, 0.05) is 6.54 Å². The topological polar surface area (TPSA) is 81.3 Å². The lowest BCUT2D eigenvalue weighted by Gasteiger charge is -2.24. The molecule has 2 amide bonds. The maximum Gasteiger partial charge on any atom is 0.315 e. The third kappa shape index (κ3) is 7.70. The molecule has 0 radical (unpaired) electrons. The molecule has 0 saturated heterocycles. The van der Waals surface area contributed by atoms with Crippen LogP contribution in [0.2, 0.25) is 0 Å². The largest absolute Gasteiger partial charge is 0.548 e. The van der Waals surface area contributed by atoms with Gasteiger partial charge in [-0.3, -0.25) is 0 Å². The van der Waals surface area contributed by atoms with Crippen molar-refractivity contribution < 1.29 is 14.7 Å². The Bertz CT molecular complexity index is 280. The molecule has 5 nitrogen and oxygen atoms in total. The number of unbranched alkanes of at least 4 members (excludes halogenated alkanes) is 1. The number of aliphatic carboxylic acids is 1. The first-order valence-corrected chi connectivity index (χ1v) is 7.17. The minimum absolute atomic E-state index is 0.196. The van der Waals surface area contributed by atoms with Gasteiger partial charge in [-0.1, -0.05) is 47.0 Å². The van der Waals surface area contributed by atoms with Crippen LogP contribution in [0.3, 0.4) is 0 Å². The van der Waals surface area contributed by atoms with Crippen molar-refractivity contribution in [2.24, 2.45) is 11.8 Å². The number of hydrogen-bond acceptors (Lipinski definition) is 3. The van der Waals surface area contributed by atoms with Crippen LogP contribution in [0, 0.1) is 11.8 Å². The summed E-state index contributed by atoms with van der Waals surface area (Å²) >= 11 is 0. The fourth-order valence-electron chi connectivity index (χ4n) is 1.87. The van der Waals surface area contributed by atoms with E-state index in [1.807, 2.05) is 0 Å².